The second kappa shape index (κ2) is 8.67. The summed E-state index contributed by atoms with van der Waals surface area (Å²) in [7, 11) is 1.49. The maximum atomic E-state index is 13.2. The van der Waals surface area contributed by atoms with Gasteiger partial charge in [-0.1, -0.05) is 12.1 Å². The number of aromatic nitrogens is 3. The molecule has 3 heterocycles. The van der Waals surface area contributed by atoms with Gasteiger partial charge in [0, 0.05) is 18.2 Å². The number of methoxy groups -OCH3 is 1. The van der Waals surface area contributed by atoms with E-state index in [-0.39, 0.29) is 17.9 Å². The molecule has 9 heteroatoms. The van der Waals surface area contributed by atoms with Gasteiger partial charge in [-0.3, -0.25) is 15.2 Å². The quantitative estimate of drug-likeness (QED) is 0.670. The fraction of sp³-hybridized carbons (Fsp3) is 0.227. The van der Waals surface area contributed by atoms with E-state index in [2.05, 4.69) is 26.7 Å². The summed E-state index contributed by atoms with van der Waals surface area (Å²) in [5.74, 6) is 1.10. The molecule has 0 unspecified atom stereocenters. The molecule has 31 heavy (non-hydrogen) atoms. The monoisotopic (exact) mass is 415 g/mol. The van der Waals surface area contributed by atoms with Crippen LogP contribution < -0.4 is 20.3 Å². The number of carbonyl (C=O) groups is 1. The zero-order chi connectivity index (χ0) is 21.8. The highest BCUT2D eigenvalue weighted by Crippen LogP contribution is 2.32. The Bertz CT molecular complexity index is 1160. The third-order valence-electron chi connectivity index (χ3n) is 4.98. The Hall–Kier alpha value is -4.19. The molecule has 0 saturated heterocycles. The van der Waals surface area contributed by atoms with E-state index in [0.29, 0.717) is 29.5 Å². The molecule has 1 atom stereocenters. The number of nitrogens with zero attached hydrogens (tertiary/aromatic N) is 5. The molecule has 1 aliphatic heterocycles. The minimum absolute atomic E-state index is 0.111. The van der Waals surface area contributed by atoms with Gasteiger partial charge in [0.2, 0.25) is 5.88 Å². The second-order valence-corrected chi connectivity index (χ2v) is 7.07. The van der Waals surface area contributed by atoms with Crippen molar-refractivity contribution in [1.82, 2.24) is 15.0 Å². The van der Waals surface area contributed by atoms with Crippen molar-refractivity contribution in [3.05, 3.63) is 54.4 Å². The third-order valence-corrected chi connectivity index (χ3v) is 4.98. The van der Waals surface area contributed by atoms with Crippen molar-refractivity contribution in [2.75, 3.05) is 29.2 Å². The number of hydrogen-bond acceptors (Lipinski definition) is 7. The highest BCUT2D eigenvalue weighted by Gasteiger charge is 2.29. The Labute approximate surface area is 179 Å². The van der Waals surface area contributed by atoms with Gasteiger partial charge in [0.1, 0.15) is 0 Å². The number of pyridine rings is 1. The van der Waals surface area contributed by atoms with Gasteiger partial charge in [-0.2, -0.15) is 10.2 Å². The summed E-state index contributed by atoms with van der Waals surface area (Å²) in [6.45, 7) is 2.68. The summed E-state index contributed by atoms with van der Waals surface area (Å²) < 4.78 is 5.08. The van der Waals surface area contributed by atoms with Gasteiger partial charge in [0.05, 0.1) is 42.5 Å². The summed E-state index contributed by atoms with van der Waals surface area (Å²) in [5.41, 5.74) is 2.78. The van der Waals surface area contributed by atoms with Gasteiger partial charge < -0.3 is 10.1 Å². The van der Waals surface area contributed by atoms with Gasteiger partial charge >= 0.3 is 6.03 Å². The van der Waals surface area contributed by atoms with Crippen LogP contribution in [0, 0.1) is 11.3 Å². The first kappa shape index (κ1) is 20.1. The molecule has 0 aliphatic carbocycles. The Kier molecular flexibility index (Phi) is 5.62. The number of anilines is 3. The first-order valence-corrected chi connectivity index (χ1v) is 9.80. The fourth-order valence-electron chi connectivity index (χ4n) is 3.41. The lowest BCUT2D eigenvalue weighted by atomic mass is 10.1. The van der Waals surface area contributed by atoms with E-state index in [1.165, 1.54) is 19.5 Å². The zero-order valence-electron chi connectivity index (χ0n) is 17.2. The molecule has 1 aromatic carbocycles. The number of hydrogen-bond donors (Lipinski definition) is 2. The van der Waals surface area contributed by atoms with E-state index in [4.69, 9.17) is 9.72 Å². The van der Waals surface area contributed by atoms with Crippen LogP contribution in [-0.2, 0) is 0 Å². The maximum absolute atomic E-state index is 13.2. The molecule has 1 aliphatic rings. The van der Waals surface area contributed by atoms with Crippen molar-refractivity contribution in [1.29, 1.82) is 5.26 Å². The molecule has 0 spiro atoms. The Morgan fingerprint density at radius 3 is 2.97 bits per heavy atom. The van der Waals surface area contributed by atoms with Crippen LogP contribution >= 0.6 is 0 Å². The molecule has 2 amide bonds. The van der Waals surface area contributed by atoms with Crippen molar-refractivity contribution in [3.63, 3.8) is 0 Å². The van der Waals surface area contributed by atoms with E-state index in [1.54, 1.807) is 17.0 Å². The average Bonchev–Trinajstić information content (AvgIpc) is 2.96. The summed E-state index contributed by atoms with van der Waals surface area (Å²) in [5, 5.41) is 15.3. The number of amides is 2. The van der Waals surface area contributed by atoms with E-state index >= 15 is 0 Å². The predicted octanol–water partition coefficient (Wildman–Crippen LogP) is 3.66. The van der Waals surface area contributed by atoms with Crippen molar-refractivity contribution in [2.45, 2.75) is 19.4 Å². The predicted molar refractivity (Wildman–Crippen MR) is 117 cm³/mol. The van der Waals surface area contributed by atoms with Crippen LogP contribution in [0.15, 0.2) is 48.8 Å². The van der Waals surface area contributed by atoms with Crippen molar-refractivity contribution >= 4 is 23.4 Å². The van der Waals surface area contributed by atoms with Crippen molar-refractivity contribution < 1.29 is 9.53 Å². The number of ether oxygens (including phenoxy) is 1. The number of urea groups is 1. The first-order valence-electron chi connectivity index (χ1n) is 9.80. The number of fused-ring (bicyclic) bond motifs is 1. The largest absolute Gasteiger partial charge is 0.480 e. The van der Waals surface area contributed by atoms with Crippen LogP contribution in [0.5, 0.6) is 5.88 Å². The van der Waals surface area contributed by atoms with Crippen LogP contribution in [0.2, 0.25) is 0 Å². The van der Waals surface area contributed by atoms with Crippen molar-refractivity contribution in [2.24, 2.45) is 0 Å². The number of carbonyl (C=O) groups excluding carboxylic acids is 1. The number of benzene rings is 1. The number of nitrogens with one attached hydrogen (secondary N) is 2. The number of nitriles is 1. The average molecular weight is 415 g/mol. The summed E-state index contributed by atoms with van der Waals surface area (Å²) >= 11 is 0. The first-order chi connectivity index (χ1) is 15.1. The molecule has 156 valence electrons. The Balaban J connectivity index is 1.71. The Morgan fingerprint density at radius 2 is 2.16 bits per heavy atom. The van der Waals surface area contributed by atoms with Crippen LogP contribution in [0.4, 0.5) is 22.1 Å². The molecule has 0 radical (unpaired) electrons. The smallest absolute Gasteiger partial charge is 0.329 e. The van der Waals surface area contributed by atoms with Gasteiger partial charge in [-0.05, 0) is 37.6 Å². The lowest BCUT2D eigenvalue weighted by Gasteiger charge is -2.27. The molecule has 0 saturated carbocycles. The van der Waals surface area contributed by atoms with Crippen LogP contribution in [0.1, 0.15) is 18.9 Å². The van der Waals surface area contributed by atoms with Gasteiger partial charge in [0.25, 0.3) is 0 Å². The molecule has 3 aromatic rings. The fourth-order valence-corrected chi connectivity index (χ4v) is 3.41. The minimum atomic E-state index is -0.365. The molecule has 2 N–H and O–H groups in total. The Morgan fingerprint density at radius 1 is 1.29 bits per heavy atom. The maximum Gasteiger partial charge on any atom is 0.329 e. The molecule has 2 aromatic heterocycles. The third kappa shape index (κ3) is 4.23. The van der Waals surface area contributed by atoms with Gasteiger partial charge in [-0.15, -0.1) is 0 Å². The summed E-state index contributed by atoms with van der Waals surface area (Å²) in [6.07, 6.45) is 3.67. The molecule has 4 rings (SSSR count). The zero-order valence-corrected chi connectivity index (χ0v) is 17.2. The minimum Gasteiger partial charge on any atom is -0.480 e. The lowest BCUT2D eigenvalue weighted by Crippen LogP contribution is -2.42. The topological polar surface area (TPSA) is 116 Å². The van der Waals surface area contributed by atoms with Gasteiger partial charge in [-0.25, -0.2) is 9.78 Å². The molecular weight excluding hydrogens is 394 g/mol. The molecule has 0 bridgehead atoms. The van der Waals surface area contributed by atoms with Crippen LogP contribution in [0.25, 0.3) is 11.3 Å². The summed E-state index contributed by atoms with van der Waals surface area (Å²) in [4.78, 5) is 27.9. The van der Waals surface area contributed by atoms with E-state index in [9.17, 15) is 10.1 Å². The lowest BCUT2D eigenvalue weighted by molar-refractivity contribution is 0.255. The molecule has 0 fully saturated rings. The number of rotatable bonds is 3. The van der Waals surface area contributed by atoms with Crippen molar-refractivity contribution in [3.8, 4) is 23.2 Å². The van der Waals surface area contributed by atoms with Gasteiger partial charge in [0.15, 0.2) is 11.6 Å². The van der Waals surface area contributed by atoms with E-state index in [0.717, 1.165) is 17.7 Å². The van der Waals surface area contributed by atoms with E-state index < -0.39 is 0 Å². The highest BCUT2D eigenvalue weighted by molar-refractivity contribution is 6.03. The normalized spacial score (nSPS) is 15.1. The second-order valence-electron chi connectivity index (χ2n) is 7.07. The SMILES string of the molecule is COc1cncc(NC(=O)N2c3nc(-c4cccc(C#N)c4)ccc3NCC[C@H]2C)n1. The summed E-state index contributed by atoms with van der Waals surface area (Å²) in [6, 6.07) is 12.7. The highest BCUT2D eigenvalue weighted by atomic mass is 16.5. The van der Waals surface area contributed by atoms with Crippen LogP contribution in [-0.4, -0.2) is 40.7 Å². The van der Waals surface area contributed by atoms with E-state index in [1.807, 2.05) is 31.2 Å². The molecule has 9 nitrogen and oxygen atoms in total. The molecular formula is C22H21N7O2. The standard InChI is InChI=1S/C22H21N7O2/c1-14-8-9-25-18-7-6-17(16-5-3-4-15(10-16)11-23)26-21(18)29(14)22(30)28-19-12-24-13-20(27-19)31-2/h3-7,10,12-14,25H,8-9H2,1-2H3,(H,27,28,30)/t14-/m1/s1. The van der Waals surface area contributed by atoms with Crippen LogP contribution in [0.3, 0.4) is 0 Å².